The lowest BCUT2D eigenvalue weighted by Crippen LogP contribution is -2.13. The summed E-state index contributed by atoms with van der Waals surface area (Å²) in [7, 11) is 1.84. The summed E-state index contributed by atoms with van der Waals surface area (Å²) < 4.78 is 8.20. The minimum Gasteiger partial charge on any atom is -0.465 e. The number of hydrogen-bond acceptors (Lipinski definition) is 6. The standard InChI is InChI=1S/C22H21N5O3/c1-3-30-22(29)14-27-13-16-9-15(7-8-19(16)25-27)10-21(28)20-6-4-5-18(24-20)17-11-23-26(2)12-17/h4-9,11-13H,3,10,14H2,1-2H3. The van der Waals surface area contributed by atoms with E-state index in [1.165, 1.54) is 0 Å². The molecule has 0 aliphatic carbocycles. The van der Waals surface area contributed by atoms with Crippen molar-refractivity contribution in [2.24, 2.45) is 7.05 Å². The van der Waals surface area contributed by atoms with Gasteiger partial charge in [-0.15, -0.1) is 0 Å². The van der Waals surface area contributed by atoms with Gasteiger partial charge >= 0.3 is 5.97 Å². The van der Waals surface area contributed by atoms with E-state index in [-0.39, 0.29) is 24.7 Å². The SMILES string of the molecule is CCOC(=O)Cn1cc2cc(CC(=O)c3cccc(-c4cnn(C)c4)n3)ccc2n1. The molecule has 4 rings (SSSR count). The monoisotopic (exact) mass is 403 g/mol. The van der Waals surface area contributed by atoms with E-state index in [0.29, 0.717) is 18.0 Å². The summed E-state index contributed by atoms with van der Waals surface area (Å²) in [6.07, 6.45) is 5.58. The number of aromatic nitrogens is 5. The first-order valence-corrected chi connectivity index (χ1v) is 9.63. The van der Waals surface area contributed by atoms with Crippen LogP contribution in [0.4, 0.5) is 0 Å². The zero-order valence-electron chi connectivity index (χ0n) is 16.8. The van der Waals surface area contributed by atoms with Crippen molar-refractivity contribution >= 4 is 22.7 Å². The maximum absolute atomic E-state index is 12.8. The number of Topliss-reactive ketones (excluding diaryl/α,β-unsaturated/α-hetero) is 1. The normalized spacial score (nSPS) is 11.0. The van der Waals surface area contributed by atoms with Gasteiger partial charge in [-0.25, -0.2) is 4.98 Å². The number of carbonyl (C=O) groups is 2. The number of pyridine rings is 1. The van der Waals surface area contributed by atoms with Crippen LogP contribution in [0.2, 0.25) is 0 Å². The summed E-state index contributed by atoms with van der Waals surface area (Å²) in [5, 5.41) is 9.38. The molecule has 0 bridgehead atoms. The molecule has 0 aliphatic heterocycles. The molecule has 3 aromatic heterocycles. The van der Waals surface area contributed by atoms with Gasteiger partial charge in [0.05, 0.1) is 24.0 Å². The Kier molecular flexibility index (Phi) is 5.38. The molecule has 0 aliphatic rings. The summed E-state index contributed by atoms with van der Waals surface area (Å²) in [4.78, 5) is 28.9. The second-order valence-electron chi connectivity index (χ2n) is 6.94. The van der Waals surface area contributed by atoms with Crippen LogP contribution < -0.4 is 0 Å². The fraction of sp³-hybridized carbons (Fsp3) is 0.227. The van der Waals surface area contributed by atoms with Crippen LogP contribution in [0.15, 0.2) is 55.0 Å². The fourth-order valence-electron chi connectivity index (χ4n) is 3.24. The molecule has 0 saturated carbocycles. The molecule has 0 unspecified atom stereocenters. The number of ether oxygens (including phenoxy) is 1. The van der Waals surface area contributed by atoms with Gasteiger partial charge in [0.25, 0.3) is 0 Å². The van der Waals surface area contributed by atoms with E-state index in [1.54, 1.807) is 34.7 Å². The van der Waals surface area contributed by atoms with E-state index in [1.807, 2.05) is 43.6 Å². The van der Waals surface area contributed by atoms with Gasteiger partial charge in [-0.2, -0.15) is 10.2 Å². The Morgan fingerprint density at radius 1 is 1.13 bits per heavy atom. The second kappa shape index (κ2) is 8.28. The highest BCUT2D eigenvalue weighted by molar-refractivity contribution is 5.96. The number of ketones is 1. The Hall–Kier alpha value is -3.81. The first kappa shape index (κ1) is 19.5. The molecule has 0 spiro atoms. The summed E-state index contributed by atoms with van der Waals surface area (Å²) in [5.41, 5.74) is 3.60. The van der Waals surface area contributed by atoms with Gasteiger partial charge in [0, 0.05) is 36.8 Å². The number of carbonyl (C=O) groups excluding carboxylic acids is 2. The lowest BCUT2D eigenvalue weighted by atomic mass is 10.0. The van der Waals surface area contributed by atoms with Crippen LogP contribution in [0.1, 0.15) is 23.0 Å². The molecular weight excluding hydrogens is 382 g/mol. The maximum Gasteiger partial charge on any atom is 0.327 e. The number of aryl methyl sites for hydroxylation is 1. The van der Waals surface area contributed by atoms with Crippen molar-refractivity contribution in [1.29, 1.82) is 0 Å². The number of benzene rings is 1. The lowest BCUT2D eigenvalue weighted by molar-refractivity contribution is -0.144. The van der Waals surface area contributed by atoms with Crippen LogP contribution in [0.5, 0.6) is 0 Å². The van der Waals surface area contributed by atoms with Crippen molar-refractivity contribution < 1.29 is 14.3 Å². The highest BCUT2D eigenvalue weighted by atomic mass is 16.5. The summed E-state index contributed by atoms with van der Waals surface area (Å²) in [5.74, 6) is -0.403. The average molecular weight is 403 g/mol. The highest BCUT2D eigenvalue weighted by Gasteiger charge is 2.13. The van der Waals surface area contributed by atoms with E-state index in [4.69, 9.17) is 4.74 Å². The molecule has 0 amide bonds. The van der Waals surface area contributed by atoms with Crippen molar-refractivity contribution in [2.45, 2.75) is 19.9 Å². The van der Waals surface area contributed by atoms with Gasteiger partial charge in [0.2, 0.25) is 0 Å². The summed E-state index contributed by atoms with van der Waals surface area (Å²) >= 11 is 0. The van der Waals surface area contributed by atoms with Gasteiger partial charge < -0.3 is 4.74 Å². The minimum atomic E-state index is -0.333. The Morgan fingerprint density at radius 3 is 2.77 bits per heavy atom. The van der Waals surface area contributed by atoms with E-state index in [9.17, 15) is 9.59 Å². The van der Waals surface area contributed by atoms with Crippen molar-refractivity contribution in [2.75, 3.05) is 6.61 Å². The van der Waals surface area contributed by atoms with Crippen LogP contribution in [-0.2, 0) is 29.5 Å². The third-order valence-electron chi connectivity index (χ3n) is 4.61. The first-order valence-electron chi connectivity index (χ1n) is 9.63. The predicted molar refractivity (Wildman–Crippen MR) is 111 cm³/mol. The molecule has 152 valence electrons. The molecule has 8 nitrogen and oxygen atoms in total. The Bertz CT molecular complexity index is 1220. The molecule has 1 aromatic carbocycles. The summed E-state index contributed by atoms with van der Waals surface area (Å²) in [6.45, 7) is 2.16. The third kappa shape index (κ3) is 4.27. The number of fused-ring (bicyclic) bond motifs is 1. The molecule has 0 fully saturated rings. The van der Waals surface area contributed by atoms with E-state index < -0.39 is 0 Å². The van der Waals surface area contributed by atoms with E-state index >= 15 is 0 Å². The zero-order valence-corrected chi connectivity index (χ0v) is 16.8. The number of esters is 1. The maximum atomic E-state index is 12.8. The molecule has 0 atom stereocenters. The van der Waals surface area contributed by atoms with Crippen molar-refractivity contribution in [1.82, 2.24) is 24.5 Å². The van der Waals surface area contributed by atoms with Gasteiger partial charge in [-0.1, -0.05) is 12.1 Å². The number of nitrogens with zero attached hydrogens (tertiary/aromatic N) is 5. The van der Waals surface area contributed by atoms with Crippen LogP contribution in [-0.4, -0.2) is 42.9 Å². The van der Waals surface area contributed by atoms with Crippen molar-refractivity contribution in [3.05, 3.63) is 66.2 Å². The van der Waals surface area contributed by atoms with Crippen LogP contribution in [0.3, 0.4) is 0 Å². The Balaban J connectivity index is 1.51. The molecule has 3 heterocycles. The Morgan fingerprint density at radius 2 is 2.00 bits per heavy atom. The Labute approximate surface area is 173 Å². The van der Waals surface area contributed by atoms with Gasteiger partial charge in [0.1, 0.15) is 12.2 Å². The molecular formula is C22H21N5O3. The predicted octanol–water partition coefficient (Wildman–Crippen LogP) is 2.82. The second-order valence-corrected chi connectivity index (χ2v) is 6.94. The molecule has 8 heteroatoms. The van der Waals surface area contributed by atoms with Crippen LogP contribution >= 0.6 is 0 Å². The average Bonchev–Trinajstić information content (AvgIpc) is 3.33. The molecule has 4 aromatic rings. The van der Waals surface area contributed by atoms with Crippen LogP contribution in [0, 0.1) is 0 Å². The topological polar surface area (TPSA) is 91.9 Å². The minimum absolute atomic E-state index is 0.0574. The van der Waals surface area contributed by atoms with Crippen molar-refractivity contribution in [3.8, 4) is 11.3 Å². The van der Waals surface area contributed by atoms with Gasteiger partial charge in [-0.05, 0) is 36.8 Å². The fourth-order valence-corrected chi connectivity index (χ4v) is 3.24. The zero-order chi connectivity index (χ0) is 21.1. The molecule has 30 heavy (non-hydrogen) atoms. The number of hydrogen-bond donors (Lipinski definition) is 0. The highest BCUT2D eigenvalue weighted by Crippen LogP contribution is 2.19. The molecule has 0 radical (unpaired) electrons. The van der Waals surface area contributed by atoms with Gasteiger partial charge in [-0.3, -0.25) is 19.0 Å². The van der Waals surface area contributed by atoms with E-state index in [0.717, 1.165) is 22.0 Å². The van der Waals surface area contributed by atoms with Crippen molar-refractivity contribution in [3.63, 3.8) is 0 Å². The largest absolute Gasteiger partial charge is 0.465 e. The molecule has 0 saturated heterocycles. The van der Waals surface area contributed by atoms with Crippen LogP contribution in [0.25, 0.3) is 22.2 Å². The molecule has 0 N–H and O–H groups in total. The summed E-state index contributed by atoms with van der Waals surface area (Å²) in [6, 6.07) is 11.0. The third-order valence-corrected chi connectivity index (χ3v) is 4.61. The lowest BCUT2D eigenvalue weighted by Gasteiger charge is -2.03. The first-order chi connectivity index (χ1) is 14.5. The number of rotatable bonds is 7. The quantitative estimate of drug-likeness (QED) is 0.348. The van der Waals surface area contributed by atoms with Gasteiger partial charge in [0.15, 0.2) is 5.78 Å². The van der Waals surface area contributed by atoms with E-state index in [2.05, 4.69) is 15.2 Å². The smallest absolute Gasteiger partial charge is 0.327 e.